The van der Waals surface area contributed by atoms with Gasteiger partial charge in [-0.15, -0.1) is 0 Å². The zero-order valence-electron chi connectivity index (χ0n) is 9.09. The van der Waals surface area contributed by atoms with Gasteiger partial charge in [-0.3, -0.25) is 9.69 Å². The first-order valence-corrected chi connectivity index (χ1v) is 6.37. The van der Waals surface area contributed by atoms with Crippen molar-refractivity contribution >= 4 is 17.7 Å². The van der Waals surface area contributed by atoms with Crippen LogP contribution >= 0.6 is 11.8 Å². The molecule has 1 aliphatic rings. The fraction of sp³-hybridized carbons (Fsp3) is 0.889. The summed E-state index contributed by atoms with van der Waals surface area (Å²) < 4.78 is 36.3. The molecule has 1 saturated heterocycles. The molecule has 0 N–H and O–H groups in total. The van der Waals surface area contributed by atoms with Crippen LogP contribution in [-0.4, -0.2) is 66.6 Å². The smallest absolute Gasteiger partial charge is 0.339 e. The summed E-state index contributed by atoms with van der Waals surface area (Å²) >= 11 is 1.43. The van der Waals surface area contributed by atoms with E-state index in [1.165, 1.54) is 16.7 Å². The van der Waals surface area contributed by atoms with Gasteiger partial charge in [0.15, 0.2) is 0 Å². The molecule has 1 aliphatic heterocycles. The molecule has 1 rings (SSSR count). The molecule has 0 atom stereocenters. The van der Waals surface area contributed by atoms with Crippen LogP contribution in [0.25, 0.3) is 0 Å². The van der Waals surface area contributed by atoms with Gasteiger partial charge in [0.2, 0.25) is 5.91 Å². The number of hydrogen-bond acceptors (Lipinski definition) is 3. The van der Waals surface area contributed by atoms with Gasteiger partial charge in [-0.05, 0) is 6.26 Å². The molecule has 0 unspecified atom stereocenters. The number of alkyl halides is 3. The van der Waals surface area contributed by atoms with Crippen LogP contribution in [0.4, 0.5) is 13.2 Å². The molecule has 0 aliphatic carbocycles. The van der Waals surface area contributed by atoms with Crippen molar-refractivity contribution in [2.45, 2.75) is 6.18 Å². The highest BCUT2D eigenvalue weighted by Gasteiger charge is 2.32. The SMILES string of the molecule is CSCC(=O)N1CCN(CC(F)(F)F)CC1. The summed E-state index contributed by atoms with van der Waals surface area (Å²) in [5.41, 5.74) is 0. The van der Waals surface area contributed by atoms with Crippen molar-refractivity contribution in [3.63, 3.8) is 0 Å². The van der Waals surface area contributed by atoms with Gasteiger partial charge >= 0.3 is 6.18 Å². The van der Waals surface area contributed by atoms with Gasteiger partial charge in [0.25, 0.3) is 0 Å². The van der Waals surface area contributed by atoms with Crippen molar-refractivity contribution < 1.29 is 18.0 Å². The van der Waals surface area contributed by atoms with Crippen LogP contribution in [0.15, 0.2) is 0 Å². The molecule has 0 aromatic heterocycles. The number of thioether (sulfide) groups is 1. The lowest BCUT2D eigenvalue weighted by Gasteiger charge is -2.34. The zero-order valence-corrected chi connectivity index (χ0v) is 9.90. The zero-order chi connectivity index (χ0) is 12.2. The third kappa shape index (κ3) is 4.61. The van der Waals surface area contributed by atoms with E-state index in [1.807, 2.05) is 6.26 Å². The predicted octanol–water partition coefficient (Wildman–Crippen LogP) is 1.06. The molecule has 1 heterocycles. The maximum atomic E-state index is 12.1. The quantitative estimate of drug-likeness (QED) is 0.754. The van der Waals surface area contributed by atoms with Gasteiger partial charge in [0.05, 0.1) is 12.3 Å². The monoisotopic (exact) mass is 256 g/mol. The number of piperazine rings is 1. The van der Waals surface area contributed by atoms with Crippen LogP contribution < -0.4 is 0 Å². The molecule has 0 radical (unpaired) electrons. The summed E-state index contributed by atoms with van der Waals surface area (Å²) in [7, 11) is 0. The Kier molecular flexibility index (Phi) is 4.91. The van der Waals surface area contributed by atoms with E-state index in [2.05, 4.69) is 0 Å². The first-order chi connectivity index (χ1) is 7.42. The lowest BCUT2D eigenvalue weighted by atomic mass is 10.3. The first-order valence-electron chi connectivity index (χ1n) is 4.98. The van der Waals surface area contributed by atoms with Crippen LogP contribution in [0.5, 0.6) is 0 Å². The molecular weight excluding hydrogens is 241 g/mol. The number of rotatable bonds is 3. The fourth-order valence-corrected chi connectivity index (χ4v) is 2.05. The van der Waals surface area contributed by atoms with E-state index in [0.29, 0.717) is 31.9 Å². The van der Waals surface area contributed by atoms with Crippen LogP contribution in [0, 0.1) is 0 Å². The molecule has 0 spiro atoms. The van der Waals surface area contributed by atoms with E-state index in [4.69, 9.17) is 0 Å². The van der Waals surface area contributed by atoms with Gasteiger partial charge < -0.3 is 4.90 Å². The summed E-state index contributed by atoms with van der Waals surface area (Å²) in [6, 6.07) is 0. The molecule has 0 bridgehead atoms. The fourth-order valence-electron chi connectivity index (χ4n) is 1.62. The molecule has 7 heteroatoms. The van der Waals surface area contributed by atoms with E-state index in [0.717, 1.165) is 0 Å². The average Bonchev–Trinajstić information content (AvgIpc) is 2.16. The number of carbonyl (C=O) groups excluding carboxylic acids is 1. The Balaban J connectivity index is 2.31. The standard InChI is InChI=1S/C9H15F3N2OS/c1-16-6-8(15)14-4-2-13(3-5-14)7-9(10,11)12/h2-7H2,1H3. The maximum Gasteiger partial charge on any atom is 0.401 e. The van der Waals surface area contributed by atoms with Crippen LogP contribution in [-0.2, 0) is 4.79 Å². The minimum atomic E-state index is -4.15. The van der Waals surface area contributed by atoms with Crippen LogP contribution in [0.1, 0.15) is 0 Å². The van der Waals surface area contributed by atoms with E-state index in [1.54, 1.807) is 4.90 Å². The number of hydrogen-bond donors (Lipinski definition) is 0. The summed E-state index contributed by atoms with van der Waals surface area (Å²) in [6.45, 7) is 0.530. The Labute approximate surface area is 97.0 Å². The Bertz CT molecular complexity index is 239. The minimum Gasteiger partial charge on any atom is -0.339 e. The normalized spacial score (nSPS) is 18.9. The number of carbonyl (C=O) groups is 1. The molecule has 16 heavy (non-hydrogen) atoms. The Hall–Kier alpha value is -0.430. The highest BCUT2D eigenvalue weighted by Crippen LogP contribution is 2.17. The minimum absolute atomic E-state index is 0.0131. The summed E-state index contributed by atoms with van der Waals surface area (Å²) in [6.07, 6.45) is -2.32. The van der Waals surface area contributed by atoms with Crippen molar-refractivity contribution in [1.82, 2.24) is 9.80 Å². The Morgan fingerprint density at radius 3 is 2.25 bits per heavy atom. The second-order valence-corrected chi connectivity index (χ2v) is 4.57. The van der Waals surface area contributed by atoms with Gasteiger partial charge in [0, 0.05) is 26.2 Å². The highest BCUT2D eigenvalue weighted by atomic mass is 32.2. The predicted molar refractivity (Wildman–Crippen MR) is 57.5 cm³/mol. The Morgan fingerprint density at radius 1 is 1.25 bits per heavy atom. The van der Waals surface area contributed by atoms with E-state index < -0.39 is 12.7 Å². The second-order valence-electron chi connectivity index (χ2n) is 3.71. The van der Waals surface area contributed by atoms with Crippen molar-refractivity contribution in [2.24, 2.45) is 0 Å². The van der Waals surface area contributed by atoms with Crippen molar-refractivity contribution in [3.8, 4) is 0 Å². The Morgan fingerprint density at radius 2 is 1.81 bits per heavy atom. The van der Waals surface area contributed by atoms with Gasteiger partial charge in [-0.1, -0.05) is 0 Å². The number of nitrogens with zero attached hydrogens (tertiary/aromatic N) is 2. The molecule has 0 aromatic carbocycles. The maximum absolute atomic E-state index is 12.1. The second kappa shape index (κ2) is 5.77. The summed E-state index contributed by atoms with van der Waals surface area (Å²) in [5.74, 6) is 0.415. The van der Waals surface area contributed by atoms with Gasteiger partial charge in [-0.25, -0.2) is 0 Å². The summed E-state index contributed by atoms with van der Waals surface area (Å²) in [4.78, 5) is 14.4. The van der Waals surface area contributed by atoms with Crippen LogP contribution in [0.2, 0.25) is 0 Å². The third-order valence-electron chi connectivity index (χ3n) is 2.40. The van der Waals surface area contributed by atoms with Gasteiger partial charge in [0.1, 0.15) is 0 Å². The van der Waals surface area contributed by atoms with Gasteiger partial charge in [-0.2, -0.15) is 24.9 Å². The number of amides is 1. The molecule has 1 fully saturated rings. The van der Waals surface area contributed by atoms with Crippen LogP contribution in [0.3, 0.4) is 0 Å². The molecule has 0 saturated carbocycles. The third-order valence-corrected chi connectivity index (χ3v) is 2.93. The van der Waals surface area contributed by atoms with E-state index in [-0.39, 0.29) is 5.91 Å². The van der Waals surface area contributed by atoms with Crippen molar-refractivity contribution in [2.75, 3.05) is 44.7 Å². The molecule has 0 aromatic rings. The lowest BCUT2D eigenvalue weighted by molar-refractivity contribution is -0.151. The number of halogens is 3. The van der Waals surface area contributed by atoms with Crippen molar-refractivity contribution in [1.29, 1.82) is 0 Å². The molecular formula is C9H15F3N2OS. The topological polar surface area (TPSA) is 23.6 Å². The largest absolute Gasteiger partial charge is 0.401 e. The van der Waals surface area contributed by atoms with E-state index in [9.17, 15) is 18.0 Å². The van der Waals surface area contributed by atoms with E-state index >= 15 is 0 Å². The molecule has 3 nitrogen and oxygen atoms in total. The highest BCUT2D eigenvalue weighted by molar-refractivity contribution is 7.99. The first kappa shape index (κ1) is 13.6. The van der Waals surface area contributed by atoms with Crippen molar-refractivity contribution in [3.05, 3.63) is 0 Å². The average molecular weight is 256 g/mol. The lowest BCUT2D eigenvalue weighted by Crippen LogP contribution is -2.51. The summed E-state index contributed by atoms with van der Waals surface area (Å²) in [5, 5.41) is 0. The molecule has 1 amide bonds. The molecule has 94 valence electrons.